The molecule has 20 heavy (non-hydrogen) atoms. The van der Waals surface area contributed by atoms with E-state index < -0.39 is 6.10 Å². The highest BCUT2D eigenvalue weighted by Gasteiger charge is 2.29. The van der Waals surface area contributed by atoms with E-state index in [1.807, 2.05) is 25.1 Å². The van der Waals surface area contributed by atoms with Crippen molar-refractivity contribution in [3.63, 3.8) is 0 Å². The minimum Gasteiger partial charge on any atom is -0.478 e. The van der Waals surface area contributed by atoms with Crippen LogP contribution < -0.4 is 10.1 Å². The van der Waals surface area contributed by atoms with E-state index in [2.05, 4.69) is 5.32 Å². The first-order valence-electron chi connectivity index (χ1n) is 6.84. The Morgan fingerprint density at radius 2 is 2.30 bits per heavy atom. The molecule has 1 saturated heterocycles. The van der Waals surface area contributed by atoms with E-state index in [1.54, 1.807) is 7.11 Å². The van der Waals surface area contributed by atoms with Crippen LogP contribution in [-0.2, 0) is 20.8 Å². The summed E-state index contributed by atoms with van der Waals surface area (Å²) < 4.78 is 15.8. The van der Waals surface area contributed by atoms with Gasteiger partial charge in [0.25, 0.3) is 0 Å². The minimum atomic E-state index is -0.478. The molecule has 1 aliphatic heterocycles. The Balaban J connectivity index is 2.03. The molecule has 0 aliphatic carbocycles. The van der Waals surface area contributed by atoms with Crippen LogP contribution in [0.1, 0.15) is 17.5 Å². The molecule has 0 spiro atoms. The van der Waals surface area contributed by atoms with Crippen LogP contribution in [0.25, 0.3) is 0 Å². The zero-order valence-electron chi connectivity index (χ0n) is 12.0. The lowest BCUT2D eigenvalue weighted by molar-refractivity contribution is -0.143. The number of hydrogen-bond donors (Lipinski definition) is 1. The van der Waals surface area contributed by atoms with Gasteiger partial charge in [-0.25, -0.2) is 4.79 Å². The molecule has 1 N–H and O–H groups in total. The first kappa shape index (κ1) is 14.8. The van der Waals surface area contributed by atoms with Crippen LogP contribution in [0.3, 0.4) is 0 Å². The second-order valence-corrected chi connectivity index (χ2v) is 4.80. The van der Waals surface area contributed by atoms with Gasteiger partial charge < -0.3 is 19.5 Å². The second-order valence-electron chi connectivity index (χ2n) is 4.80. The van der Waals surface area contributed by atoms with E-state index in [1.165, 1.54) is 0 Å². The smallest absolute Gasteiger partial charge is 0.347 e. The van der Waals surface area contributed by atoms with Crippen molar-refractivity contribution in [2.75, 3.05) is 26.9 Å². The molecule has 0 aromatic heterocycles. The van der Waals surface area contributed by atoms with Gasteiger partial charge in [0.1, 0.15) is 5.75 Å². The number of cyclic esters (lactones) is 1. The Bertz CT molecular complexity index is 461. The Kier molecular flexibility index (Phi) is 5.38. The number of carbonyl (C=O) groups excluding carboxylic acids is 1. The molecular formula is C15H21NO4. The summed E-state index contributed by atoms with van der Waals surface area (Å²) in [6.45, 7) is 4.54. The molecule has 0 amide bonds. The summed E-state index contributed by atoms with van der Waals surface area (Å²) in [6, 6.07) is 5.97. The molecule has 110 valence electrons. The fourth-order valence-corrected chi connectivity index (χ4v) is 2.15. The third-order valence-electron chi connectivity index (χ3n) is 3.24. The highest BCUT2D eigenvalue weighted by Crippen LogP contribution is 2.26. The fraction of sp³-hybridized carbons (Fsp3) is 0.533. The molecule has 0 bridgehead atoms. The number of esters is 1. The maximum Gasteiger partial charge on any atom is 0.347 e. The zero-order chi connectivity index (χ0) is 14.4. The quantitative estimate of drug-likeness (QED) is 0.604. The third kappa shape index (κ3) is 3.71. The van der Waals surface area contributed by atoms with Crippen LogP contribution in [0, 0.1) is 6.92 Å². The van der Waals surface area contributed by atoms with Crippen molar-refractivity contribution in [2.24, 2.45) is 0 Å². The largest absolute Gasteiger partial charge is 0.478 e. The lowest BCUT2D eigenvalue weighted by Crippen LogP contribution is -2.24. The van der Waals surface area contributed by atoms with Crippen LogP contribution in [-0.4, -0.2) is 38.9 Å². The highest BCUT2D eigenvalue weighted by molar-refractivity contribution is 5.77. The number of benzene rings is 1. The molecule has 1 heterocycles. The van der Waals surface area contributed by atoms with E-state index in [9.17, 15) is 4.79 Å². The number of para-hydroxylation sites is 1. The fourth-order valence-electron chi connectivity index (χ4n) is 2.15. The Morgan fingerprint density at radius 1 is 1.45 bits per heavy atom. The predicted molar refractivity (Wildman–Crippen MR) is 74.8 cm³/mol. The number of methoxy groups -OCH3 is 1. The first-order chi connectivity index (χ1) is 9.72. The van der Waals surface area contributed by atoms with E-state index >= 15 is 0 Å². The summed E-state index contributed by atoms with van der Waals surface area (Å²) in [5.41, 5.74) is 2.07. The van der Waals surface area contributed by atoms with E-state index in [0.29, 0.717) is 26.2 Å². The van der Waals surface area contributed by atoms with Crippen molar-refractivity contribution >= 4 is 5.97 Å². The molecule has 1 aliphatic rings. The van der Waals surface area contributed by atoms with Gasteiger partial charge in [-0.3, -0.25) is 0 Å². The van der Waals surface area contributed by atoms with E-state index in [4.69, 9.17) is 14.2 Å². The maximum atomic E-state index is 11.5. The van der Waals surface area contributed by atoms with Crippen LogP contribution in [0.5, 0.6) is 5.75 Å². The number of carbonyl (C=O) groups is 1. The van der Waals surface area contributed by atoms with Crippen molar-refractivity contribution in [3.8, 4) is 5.75 Å². The van der Waals surface area contributed by atoms with Crippen molar-refractivity contribution < 1.29 is 19.0 Å². The van der Waals surface area contributed by atoms with Gasteiger partial charge in [0.15, 0.2) is 6.10 Å². The molecule has 1 atom stereocenters. The first-order valence-corrected chi connectivity index (χ1v) is 6.84. The summed E-state index contributed by atoms with van der Waals surface area (Å²) in [7, 11) is 1.68. The number of hydrogen-bond acceptors (Lipinski definition) is 5. The van der Waals surface area contributed by atoms with Gasteiger partial charge in [-0.1, -0.05) is 18.2 Å². The molecular weight excluding hydrogens is 258 g/mol. The molecule has 2 rings (SSSR count). The minimum absolute atomic E-state index is 0.272. The lowest BCUT2D eigenvalue weighted by Gasteiger charge is -2.17. The highest BCUT2D eigenvalue weighted by atomic mass is 16.6. The van der Waals surface area contributed by atoms with Gasteiger partial charge in [0.2, 0.25) is 0 Å². The zero-order valence-corrected chi connectivity index (χ0v) is 12.0. The van der Waals surface area contributed by atoms with E-state index in [-0.39, 0.29) is 5.97 Å². The van der Waals surface area contributed by atoms with Gasteiger partial charge in [-0.05, 0) is 12.5 Å². The normalized spacial score (nSPS) is 18.1. The van der Waals surface area contributed by atoms with Gasteiger partial charge in [-0.15, -0.1) is 0 Å². The van der Waals surface area contributed by atoms with Crippen molar-refractivity contribution in [1.29, 1.82) is 0 Å². The van der Waals surface area contributed by atoms with Gasteiger partial charge in [0, 0.05) is 32.2 Å². The van der Waals surface area contributed by atoms with Crippen LogP contribution in [0.4, 0.5) is 0 Å². The monoisotopic (exact) mass is 279 g/mol. The van der Waals surface area contributed by atoms with E-state index in [0.717, 1.165) is 23.4 Å². The summed E-state index contributed by atoms with van der Waals surface area (Å²) in [6.07, 6.45) is 0.137. The molecule has 1 aromatic rings. The van der Waals surface area contributed by atoms with Gasteiger partial charge in [-0.2, -0.15) is 0 Å². The maximum absolute atomic E-state index is 11.5. The average molecular weight is 279 g/mol. The number of rotatable bonds is 7. The Labute approximate surface area is 119 Å². The molecule has 0 radical (unpaired) electrons. The van der Waals surface area contributed by atoms with Gasteiger partial charge in [0.05, 0.1) is 13.2 Å². The Morgan fingerprint density at radius 3 is 3.00 bits per heavy atom. The molecule has 5 nitrogen and oxygen atoms in total. The molecule has 1 fully saturated rings. The second kappa shape index (κ2) is 7.26. The van der Waals surface area contributed by atoms with Crippen LogP contribution >= 0.6 is 0 Å². The SMILES string of the molecule is COCCNCc1cccc(C)c1OC1CCOC1=O. The summed E-state index contributed by atoms with van der Waals surface area (Å²) in [5, 5.41) is 3.29. The number of aryl methyl sites for hydroxylation is 1. The third-order valence-corrected chi connectivity index (χ3v) is 3.24. The summed E-state index contributed by atoms with van der Waals surface area (Å²) in [5.74, 6) is 0.507. The van der Waals surface area contributed by atoms with Crippen LogP contribution in [0.2, 0.25) is 0 Å². The lowest BCUT2D eigenvalue weighted by atomic mass is 10.1. The molecule has 1 aromatic carbocycles. The van der Waals surface area contributed by atoms with Crippen molar-refractivity contribution in [2.45, 2.75) is 26.0 Å². The molecule has 0 saturated carbocycles. The van der Waals surface area contributed by atoms with Crippen molar-refractivity contribution in [1.82, 2.24) is 5.32 Å². The predicted octanol–water partition coefficient (Wildman–Crippen LogP) is 1.43. The summed E-state index contributed by atoms with van der Waals surface area (Å²) >= 11 is 0. The average Bonchev–Trinajstić information content (AvgIpc) is 2.84. The van der Waals surface area contributed by atoms with Gasteiger partial charge >= 0.3 is 5.97 Å². The standard InChI is InChI=1S/C15H21NO4/c1-11-4-3-5-12(10-16-7-9-18-2)14(11)20-13-6-8-19-15(13)17/h3-5,13,16H,6-10H2,1-2H3. The Hall–Kier alpha value is -1.59. The number of ether oxygens (including phenoxy) is 3. The number of nitrogens with one attached hydrogen (secondary N) is 1. The molecule has 5 heteroatoms. The van der Waals surface area contributed by atoms with Crippen LogP contribution in [0.15, 0.2) is 18.2 Å². The summed E-state index contributed by atoms with van der Waals surface area (Å²) in [4.78, 5) is 11.5. The van der Waals surface area contributed by atoms with Crippen molar-refractivity contribution in [3.05, 3.63) is 29.3 Å². The topological polar surface area (TPSA) is 56.8 Å². The molecule has 1 unspecified atom stereocenters.